The van der Waals surface area contributed by atoms with Gasteiger partial charge in [0.15, 0.2) is 0 Å². The van der Waals surface area contributed by atoms with E-state index in [1.165, 1.54) is 50.8 Å². The van der Waals surface area contributed by atoms with Gasteiger partial charge >= 0.3 is 0 Å². The Morgan fingerprint density at radius 3 is 2.20 bits per heavy atom. The topological polar surface area (TPSA) is 71.4 Å². The lowest BCUT2D eigenvalue weighted by atomic mass is 9.84. The number of hydrogen-bond donors (Lipinski definition) is 2. The van der Waals surface area contributed by atoms with Crippen molar-refractivity contribution in [2.75, 3.05) is 26.2 Å². The van der Waals surface area contributed by atoms with E-state index in [4.69, 9.17) is 9.98 Å². The summed E-state index contributed by atoms with van der Waals surface area (Å²) in [4.78, 5) is 12.7. The van der Waals surface area contributed by atoms with Gasteiger partial charge in [-0.3, -0.25) is 19.5 Å². The fraction of sp³-hybridized carbons (Fsp3) is 0.625. The molecule has 1 aliphatic carbocycles. The van der Waals surface area contributed by atoms with Crippen molar-refractivity contribution in [3.8, 4) is 11.5 Å². The minimum Gasteiger partial charge on any atom is -0.507 e. The molecule has 1 fully saturated rings. The molecule has 1 saturated carbocycles. The number of amidine groups is 1. The fourth-order valence-corrected chi connectivity index (χ4v) is 7.43. The van der Waals surface area contributed by atoms with Crippen LogP contribution in [0.1, 0.15) is 134 Å². The third-order valence-electron chi connectivity index (χ3n) is 10.3. The Hall–Kier alpha value is -3.15. The predicted molar refractivity (Wildman–Crippen MR) is 193 cm³/mol. The number of aromatic hydroxyl groups is 2. The zero-order valence-corrected chi connectivity index (χ0v) is 29.5. The number of phenols is 2. The third-order valence-corrected chi connectivity index (χ3v) is 10.3. The van der Waals surface area contributed by atoms with Crippen LogP contribution < -0.4 is 0 Å². The predicted octanol–water partition coefficient (Wildman–Crippen LogP) is 8.17. The molecule has 2 aliphatic heterocycles. The average molecular weight is 628 g/mol. The highest BCUT2D eigenvalue weighted by atomic mass is 16.3. The van der Waals surface area contributed by atoms with Crippen LogP contribution >= 0.6 is 0 Å². The lowest BCUT2D eigenvalue weighted by molar-refractivity contribution is -0.539. The average Bonchev–Trinajstić information content (AvgIpc) is 3.26. The van der Waals surface area contributed by atoms with Crippen LogP contribution in [-0.2, 0) is 17.3 Å². The van der Waals surface area contributed by atoms with E-state index in [-0.39, 0.29) is 22.9 Å². The van der Waals surface area contributed by atoms with Crippen molar-refractivity contribution in [1.82, 2.24) is 4.90 Å². The summed E-state index contributed by atoms with van der Waals surface area (Å²) in [5.41, 5.74) is 4.59. The van der Waals surface area contributed by atoms with E-state index < -0.39 is 0 Å². The number of nitrogens with zero attached hydrogens (tertiary/aromatic N) is 4. The number of hydrogen-bond acceptors (Lipinski definition) is 5. The lowest BCUT2D eigenvalue weighted by Crippen LogP contribution is -2.44. The normalized spacial score (nSPS) is 21.7. The quantitative estimate of drug-likeness (QED) is 0.229. The molecule has 250 valence electrons. The largest absolute Gasteiger partial charge is 0.507 e. The summed E-state index contributed by atoms with van der Waals surface area (Å²) in [6, 6.07) is 10.4. The van der Waals surface area contributed by atoms with Gasteiger partial charge in [0.2, 0.25) is 5.84 Å². The highest BCUT2D eigenvalue weighted by Crippen LogP contribution is 2.34. The van der Waals surface area contributed by atoms with E-state index in [0.717, 1.165) is 73.9 Å². The Labute approximate surface area is 278 Å². The summed E-state index contributed by atoms with van der Waals surface area (Å²) in [6.45, 7) is 17.7. The van der Waals surface area contributed by atoms with Crippen molar-refractivity contribution < 1.29 is 14.8 Å². The Bertz CT molecular complexity index is 1440. The first-order valence-electron chi connectivity index (χ1n) is 18.0. The molecule has 0 radical (unpaired) electrons. The molecular weight excluding hydrogens is 568 g/mol. The number of para-hydroxylation sites is 1. The first-order chi connectivity index (χ1) is 21.9. The molecule has 6 nitrogen and oxygen atoms in total. The van der Waals surface area contributed by atoms with Gasteiger partial charge < -0.3 is 10.2 Å². The Morgan fingerprint density at radius 2 is 1.50 bits per heavy atom. The molecule has 46 heavy (non-hydrogen) atoms. The van der Waals surface area contributed by atoms with Crippen molar-refractivity contribution in [2.24, 2.45) is 9.98 Å². The zero-order chi connectivity index (χ0) is 32.9. The van der Waals surface area contributed by atoms with Crippen molar-refractivity contribution in [3.05, 3.63) is 58.1 Å². The standard InChI is InChI=1S/C40H58N4O2/c1-39(2,3)32-25-29(16-13-22-44-24-14-23-43-21-11-7-8-20-36(43)44)37(45)31(26-32)28-42-35-19-10-9-18-34(35)41-27-30-15-12-17-33(38(30)46)40(4,5)6/h12,15,17,25-28,34-35H,7-11,13-14,16,18-24H2,1-6H3,(H-,41,42,45,46)/p+1. The molecule has 2 N–H and O–H groups in total. The summed E-state index contributed by atoms with van der Waals surface area (Å²) in [6.07, 6.45) is 16.3. The highest BCUT2D eigenvalue weighted by molar-refractivity contribution is 5.86. The van der Waals surface area contributed by atoms with Crippen molar-refractivity contribution >= 4 is 18.3 Å². The minimum atomic E-state index is -0.142. The second-order valence-corrected chi connectivity index (χ2v) is 16.0. The number of rotatable bonds is 8. The number of benzene rings is 2. The smallest absolute Gasteiger partial charge is 0.246 e. The van der Waals surface area contributed by atoms with Gasteiger partial charge in [0.25, 0.3) is 0 Å². The molecule has 0 spiro atoms. The molecule has 2 heterocycles. The highest BCUT2D eigenvalue weighted by Gasteiger charge is 2.29. The molecule has 3 aliphatic rings. The second kappa shape index (κ2) is 14.7. The molecule has 2 aromatic rings. The molecule has 0 bridgehead atoms. The SMILES string of the molecule is CC(C)(C)c1cc(C=NC2CCCCC2N=Cc2cccc(C(C)(C)C)c2O)c(O)c(CCCN2CCC[N+]3=C2CCCCC3)c1. The van der Waals surface area contributed by atoms with Gasteiger partial charge in [-0.15, -0.1) is 0 Å². The number of aryl methyl sites for hydroxylation is 1. The van der Waals surface area contributed by atoms with Crippen LogP contribution in [-0.4, -0.2) is 76.2 Å². The molecule has 2 unspecified atom stereocenters. The maximum atomic E-state index is 11.5. The molecule has 0 aromatic heterocycles. The molecule has 2 atom stereocenters. The van der Waals surface area contributed by atoms with Gasteiger partial charge in [-0.25, -0.2) is 0 Å². The minimum absolute atomic E-state index is 0.0319. The molecule has 2 aromatic carbocycles. The van der Waals surface area contributed by atoms with Crippen LogP contribution in [0.3, 0.4) is 0 Å². The van der Waals surface area contributed by atoms with Crippen LogP contribution in [0.25, 0.3) is 0 Å². The van der Waals surface area contributed by atoms with E-state index in [2.05, 4.69) is 63.2 Å². The van der Waals surface area contributed by atoms with Crippen LogP contribution in [0.5, 0.6) is 11.5 Å². The van der Waals surface area contributed by atoms with Crippen molar-refractivity contribution in [2.45, 2.75) is 135 Å². The molecular formula is C40H59N4O2+. The van der Waals surface area contributed by atoms with Gasteiger partial charge in [0, 0.05) is 36.4 Å². The van der Waals surface area contributed by atoms with Gasteiger partial charge in [-0.05, 0) is 84.6 Å². The number of phenolic OH excluding ortho intramolecular Hbond substituents is 2. The maximum Gasteiger partial charge on any atom is 0.246 e. The first-order valence-corrected chi connectivity index (χ1v) is 18.0. The summed E-state index contributed by atoms with van der Waals surface area (Å²) in [5, 5.41) is 22.5. The summed E-state index contributed by atoms with van der Waals surface area (Å²) < 4.78 is 2.64. The van der Waals surface area contributed by atoms with Crippen LogP contribution in [0.4, 0.5) is 0 Å². The lowest BCUT2D eigenvalue weighted by Gasteiger charge is -2.27. The number of aliphatic imine (C=N–C) groups is 2. The third kappa shape index (κ3) is 8.41. The van der Waals surface area contributed by atoms with Crippen LogP contribution in [0.15, 0.2) is 40.3 Å². The molecule has 0 amide bonds. The maximum absolute atomic E-state index is 11.5. The zero-order valence-electron chi connectivity index (χ0n) is 29.5. The van der Waals surface area contributed by atoms with E-state index in [0.29, 0.717) is 11.5 Å². The summed E-state index contributed by atoms with van der Waals surface area (Å²) in [7, 11) is 0. The van der Waals surface area contributed by atoms with E-state index in [9.17, 15) is 10.2 Å². The van der Waals surface area contributed by atoms with E-state index in [1.54, 1.807) is 5.84 Å². The van der Waals surface area contributed by atoms with Crippen molar-refractivity contribution in [1.29, 1.82) is 0 Å². The Balaban J connectivity index is 1.32. The Morgan fingerprint density at radius 1 is 0.804 bits per heavy atom. The van der Waals surface area contributed by atoms with Gasteiger partial charge in [-0.2, -0.15) is 0 Å². The van der Waals surface area contributed by atoms with Gasteiger partial charge in [-0.1, -0.05) is 72.6 Å². The first kappa shape index (κ1) is 34.2. The van der Waals surface area contributed by atoms with Crippen molar-refractivity contribution in [3.63, 3.8) is 0 Å². The van der Waals surface area contributed by atoms with Gasteiger partial charge in [0.05, 0.1) is 38.3 Å². The summed E-state index contributed by atoms with van der Waals surface area (Å²) in [5.74, 6) is 2.25. The molecule has 0 saturated heterocycles. The monoisotopic (exact) mass is 627 g/mol. The van der Waals surface area contributed by atoms with E-state index >= 15 is 0 Å². The van der Waals surface area contributed by atoms with Crippen LogP contribution in [0.2, 0.25) is 0 Å². The fourth-order valence-electron chi connectivity index (χ4n) is 7.43. The second-order valence-electron chi connectivity index (χ2n) is 16.0. The van der Waals surface area contributed by atoms with Crippen LogP contribution in [0, 0.1) is 0 Å². The summed E-state index contributed by atoms with van der Waals surface area (Å²) >= 11 is 0. The Kier molecular flexibility index (Phi) is 11.0. The van der Waals surface area contributed by atoms with E-state index in [1.807, 2.05) is 30.6 Å². The van der Waals surface area contributed by atoms with Gasteiger partial charge in [0.1, 0.15) is 11.5 Å². The molecule has 5 rings (SSSR count). The molecule has 6 heteroatoms.